The van der Waals surface area contributed by atoms with E-state index >= 15 is 0 Å². The minimum Gasteiger partial charge on any atom is -0.481 e. The molecule has 0 aromatic carbocycles. The zero-order valence-corrected chi connectivity index (χ0v) is 11.0. The predicted molar refractivity (Wildman–Crippen MR) is 68.6 cm³/mol. The summed E-state index contributed by atoms with van der Waals surface area (Å²) in [7, 11) is 1.55. The molecule has 2 aromatic rings. The maximum Gasteiger partial charge on any atom is 0.339 e. The smallest absolute Gasteiger partial charge is 0.339 e. The van der Waals surface area contributed by atoms with Crippen LogP contribution in [-0.2, 0) is 6.54 Å². The minimum absolute atomic E-state index is 0.253. The first kappa shape index (κ1) is 13.1. The van der Waals surface area contributed by atoms with Crippen molar-refractivity contribution in [2.24, 2.45) is 0 Å². The summed E-state index contributed by atoms with van der Waals surface area (Å²) >= 11 is 0. The van der Waals surface area contributed by atoms with Crippen molar-refractivity contribution in [3.8, 4) is 5.88 Å². The Bertz CT molecular complexity index is 620. The van der Waals surface area contributed by atoms with Crippen molar-refractivity contribution in [2.45, 2.75) is 20.4 Å². The van der Waals surface area contributed by atoms with Gasteiger partial charge in [0, 0.05) is 6.07 Å². The van der Waals surface area contributed by atoms with Crippen molar-refractivity contribution in [3.05, 3.63) is 40.8 Å². The van der Waals surface area contributed by atoms with Gasteiger partial charge in [-0.25, -0.2) is 9.78 Å². The highest BCUT2D eigenvalue weighted by molar-refractivity contribution is 5.90. The Labute approximate surface area is 110 Å². The molecular weight excluding hydrogens is 246 g/mol. The molecule has 2 aromatic heterocycles. The van der Waals surface area contributed by atoms with Crippen LogP contribution in [0.3, 0.4) is 0 Å². The molecule has 6 nitrogen and oxygen atoms in total. The van der Waals surface area contributed by atoms with E-state index in [0.717, 1.165) is 5.69 Å². The van der Waals surface area contributed by atoms with Crippen molar-refractivity contribution in [1.29, 1.82) is 0 Å². The number of pyridine rings is 1. The number of carboxylic acids is 1. The lowest BCUT2D eigenvalue weighted by Crippen LogP contribution is -2.07. The second-order valence-electron chi connectivity index (χ2n) is 4.18. The lowest BCUT2D eigenvalue weighted by Gasteiger charge is -2.05. The highest BCUT2D eigenvalue weighted by Gasteiger charge is 2.17. The molecule has 2 heterocycles. The van der Waals surface area contributed by atoms with E-state index in [2.05, 4.69) is 10.1 Å². The number of methoxy groups -OCH3 is 1. The molecule has 0 aliphatic heterocycles. The van der Waals surface area contributed by atoms with Gasteiger partial charge in [0.15, 0.2) is 0 Å². The third-order valence-corrected chi connectivity index (χ3v) is 2.90. The number of hydrogen-bond donors (Lipinski definition) is 1. The zero-order valence-electron chi connectivity index (χ0n) is 11.0. The largest absolute Gasteiger partial charge is 0.481 e. The molecule has 0 unspecified atom stereocenters. The molecule has 0 aliphatic rings. The van der Waals surface area contributed by atoms with E-state index in [9.17, 15) is 4.79 Å². The van der Waals surface area contributed by atoms with Crippen LogP contribution in [0.2, 0.25) is 0 Å². The zero-order chi connectivity index (χ0) is 14.0. The first-order chi connectivity index (χ1) is 9.02. The molecule has 0 amide bonds. The van der Waals surface area contributed by atoms with Gasteiger partial charge in [0.05, 0.1) is 30.7 Å². The normalized spacial score (nSPS) is 10.5. The van der Waals surface area contributed by atoms with E-state index in [4.69, 9.17) is 9.84 Å². The molecule has 2 rings (SSSR count). The Hall–Kier alpha value is -2.37. The van der Waals surface area contributed by atoms with E-state index in [1.165, 1.54) is 0 Å². The molecule has 19 heavy (non-hydrogen) atoms. The molecule has 0 saturated carbocycles. The van der Waals surface area contributed by atoms with Gasteiger partial charge in [-0.3, -0.25) is 4.68 Å². The quantitative estimate of drug-likeness (QED) is 0.905. The van der Waals surface area contributed by atoms with Gasteiger partial charge < -0.3 is 9.84 Å². The van der Waals surface area contributed by atoms with E-state index in [1.54, 1.807) is 31.7 Å². The highest BCUT2D eigenvalue weighted by Crippen LogP contribution is 2.15. The number of hydrogen-bond acceptors (Lipinski definition) is 4. The van der Waals surface area contributed by atoms with Crippen LogP contribution >= 0.6 is 0 Å². The van der Waals surface area contributed by atoms with E-state index in [0.29, 0.717) is 23.8 Å². The highest BCUT2D eigenvalue weighted by atomic mass is 16.5. The van der Waals surface area contributed by atoms with E-state index in [-0.39, 0.29) is 5.56 Å². The number of aryl methyl sites for hydroxylation is 1. The maximum absolute atomic E-state index is 11.1. The first-order valence-corrected chi connectivity index (χ1v) is 5.80. The Morgan fingerprint density at radius 1 is 1.42 bits per heavy atom. The molecule has 6 heteroatoms. The summed E-state index contributed by atoms with van der Waals surface area (Å²) in [5.41, 5.74) is 2.15. The number of aromatic carboxylic acids is 1. The molecule has 0 bridgehead atoms. The Morgan fingerprint density at radius 2 is 2.16 bits per heavy atom. The molecule has 100 valence electrons. The van der Waals surface area contributed by atoms with Crippen molar-refractivity contribution in [1.82, 2.24) is 14.8 Å². The van der Waals surface area contributed by atoms with Crippen LogP contribution in [0, 0.1) is 13.8 Å². The van der Waals surface area contributed by atoms with Crippen molar-refractivity contribution >= 4 is 5.97 Å². The molecule has 0 fully saturated rings. The topological polar surface area (TPSA) is 77.2 Å². The number of nitrogens with zero attached hydrogens (tertiary/aromatic N) is 3. The summed E-state index contributed by atoms with van der Waals surface area (Å²) in [5, 5.41) is 13.4. The van der Waals surface area contributed by atoms with Gasteiger partial charge in [-0.1, -0.05) is 6.07 Å². The maximum atomic E-state index is 11.1. The van der Waals surface area contributed by atoms with Gasteiger partial charge in [0.2, 0.25) is 5.88 Å². The van der Waals surface area contributed by atoms with Gasteiger partial charge in [-0.15, -0.1) is 0 Å². The fraction of sp³-hybridized carbons (Fsp3) is 0.308. The molecule has 0 atom stereocenters. The van der Waals surface area contributed by atoms with Crippen molar-refractivity contribution in [2.75, 3.05) is 7.11 Å². The van der Waals surface area contributed by atoms with Gasteiger partial charge in [0.1, 0.15) is 5.56 Å². The third kappa shape index (κ3) is 2.57. The summed E-state index contributed by atoms with van der Waals surface area (Å²) in [5.74, 6) is -0.433. The SMILES string of the molecule is COc1cccc(Cn2nc(C)c(C(=O)O)c2C)n1. The Balaban J connectivity index is 2.33. The average molecular weight is 261 g/mol. The van der Waals surface area contributed by atoms with Crippen LogP contribution in [0.1, 0.15) is 27.4 Å². The predicted octanol–water partition coefficient (Wildman–Crippen LogP) is 1.65. The van der Waals surface area contributed by atoms with E-state index < -0.39 is 5.97 Å². The Kier molecular flexibility index (Phi) is 3.50. The van der Waals surface area contributed by atoms with Crippen molar-refractivity contribution in [3.63, 3.8) is 0 Å². The lowest BCUT2D eigenvalue weighted by molar-refractivity contribution is 0.0695. The fourth-order valence-corrected chi connectivity index (χ4v) is 1.97. The number of carbonyl (C=O) groups is 1. The number of carboxylic acid groups (broad SMARTS) is 1. The van der Waals surface area contributed by atoms with Gasteiger partial charge in [-0.2, -0.15) is 5.10 Å². The second kappa shape index (κ2) is 5.09. The molecular formula is C13H15N3O3. The van der Waals surface area contributed by atoms with Crippen LogP contribution in [0.4, 0.5) is 0 Å². The van der Waals surface area contributed by atoms with Gasteiger partial charge in [0.25, 0.3) is 0 Å². The summed E-state index contributed by atoms with van der Waals surface area (Å²) in [6, 6.07) is 5.44. The summed E-state index contributed by atoms with van der Waals surface area (Å²) in [6.45, 7) is 3.84. The van der Waals surface area contributed by atoms with Crippen LogP contribution < -0.4 is 4.74 Å². The van der Waals surface area contributed by atoms with Crippen LogP contribution in [0.25, 0.3) is 0 Å². The van der Waals surface area contributed by atoms with E-state index in [1.807, 2.05) is 12.1 Å². The van der Waals surface area contributed by atoms with Crippen LogP contribution in [-0.4, -0.2) is 33.0 Å². The third-order valence-electron chi connectivity index (χ3n) is 2.90. The van der Waals surface area contributed by atoms with Gasteiger partial charge in [-0.05, 0) is 19.9 Å². The molecule has 0 saturated heterocycles. The average Bonchev–Trinajstić information content (AvgIpc) is 2.64. The lowest BCUT2D eigenvalue weighted by atomic mass is 10.2. The number of aromatic nitrogens is 3. The second-order valence-corrected chi connectivity index (χ2v) is 4.18. The molecule has 0 spiro atoms. The number of rotatable bonds is 4. The Morgan fingerprint density at radius 3 is 2.74 bits per heavy atom. The fourth-order valence-electron chi connectivity index (χ4n) is 1.97. The monoisotopic (exact) mass is 261 g/mol. The molecule has 0 aliphatic carbocycles. The van der Waals surface area contributed by atoms with Crippen LogP contribution in [0.15, 0.2) is 18.2 Å². The first-order valence-electron chi connectivity index (χ1n) is 5.80. The van der Waals surface area contributed by atoms with Crippen LogP contribution in [0.5, 0.6) is 5.88 Å². The summed E-state index contributed by atoms with van der Waals surface area (Å²) in [4.78, 5) is 15.4. The molecule has 1 N–H and O–H groups in total. The minimum atomic E-state index is -0.958. The summed E-state index contributed by atoms with van der Waals surface area (Å²) < 4.78 is 6.69. The van der Waals surface area contributed by atoms with Gasteiger partial charge >= 0.3 is 5.97 Å². The van der Waals surface area contributed by atoms with Crippen molar-refractivity contribution < 1.29 is 14.6 Å². The standard InChI is InChI=1S/C13H15N3O3/c1-8-12(13(17)18)9(2)16(15-8)7-10-5-4-6-11(14-10)19-3/h4-6H,7H2,1-3H3,(H,17,18). The summed E-state index contributed by atoms with van der Waals surface area (Å²) in [6.07, 6.45) is 0. The number of ether oxygens (including phenoxy) is 1. The molecule has 0 radical (unpaired) electrons.